The Bertz CT molecular complexity index is 692. The Morgan fingerprint density at radius 2 is 0.689 bits per heavy atom. The molecule has 2 nitrogen and oxygen atoms in total. The van der Waals surface area contributed by atoms with E-state index in [0.717, 1.165) is 0 Å². The molecule has 1 rings (SSSR count). The van der Waals surface area contributed by atoms with E-state index in [1.807, 2.05) is 0 Å². The number of hydrogen-bond donors (Lipinski definition) is 0. The van der Waals surface area contributed by atoms with Crippen LogP contribution in [0.5, 0.6) is 0 Å². The minimum absolute atomic E-state index is 1.23. The second-order valence-electron chi connectivity index (χ2n) is 14.8. The van der Waals surface area contributed by atoms with Crippen molar-refractivity contribution in [2.75, 3.05) is 0 Å². The van der Waals surface area contributed by atoms with Crippen LogP contribution in [-0.4, -0.2) is 4.57 Å². The number of hydrogen-bond acceptors (Lipinski definition) is 0. The molecule has 0 bridgehead atoms. The standard InChI is InChI=1S/C43H85N2/c1-4-7-10-13-16-19-21-22-23-25-28-31-34-37-40-45-42-41-44(39-36-33-30-27-18-15-12-9-6-3)43(45)38-35-32-29-26-24-20-17-14-11-8-5-2/h41-42H,4-40H2,1-3H3/q+1. The van der Waals surface area contributed by atoms with Crippen LogP contribution in [0, 0.1) is 0 Å². The fourth-order valence-corrected chi connectivity index (χ4v) is 7.21. The molecule has 0 saturated heterocycles. The van der Waals surface area contributed by atoms with Crippen molar-refractivity contribution in [3.63, 3.8) is 0 Å². The van der Waals surface area contributed by atoms with Crippen LogP contribution < -0.4 is 4.57 Å². The number of aromatic nitrogens is 2. The normalized spacial score (nSPS) is 11.6. The van der Waals surface area contributed by atoms with Crippen LogP contribution in [0.4, 0.5) is 0 Å². The van der Waals surface area contributed by atoms with Gasteiger partial charge in [-0.1, -0.05) is 207 Å². The Morgan fingerprint density at radius 1 is 0.378 bits per heavy atom. The first kappa shape index (κ1) is 42.2. The van der Waals surface area contributed by atoms with Gasteiger partial charge in [-0.25, -0.2) is 9.13 Å². The van der Waals surface area contributed by atoms with Crippen LogP contribution in [0.2, 0.25) is 0 Å². The van der Waals surface area contributed by atoms with E-state index < -0.39 is 0 Å². The average molecular weight is 630 g/mol. The van der Waals surface area contributed by atoms with Gasteiger partial charge < -0.3 is 0 Å². The summed E-state index contributed by atoms with van der Waals surface area (Å²) in [5.41, 5.74) is 0. The lowest BCUT2D eigenvalue weighted by molar-refractivity contribution is -0.704. The predicted molar refractivity (Wildman–Crippen MR) is 202 cm³/mol. The second kappa shape index (κ2) is 34.5. The van der Waals surface area contributed by atoms with Crippen LogP contribution in [0.1, 0.15) is 245 Å². The summed E-state index contributed by atoms with van der Waals surface area (Å²) in [6, 6.07) is 0. The van der Waals surface area contributed by atoms with Crippen molar-refractivity contribution in [1.29, 1.82) is 0 Å². The molecule has 0 amide bonds. The first-order chi connectivity index (χ1) is 22.3. The van der Waals surface area contributed by atoms with Gasteiger partial charge in [-0.05, 0) is 32.1 Å². The molecule has 0 atom stereocenters. The Hall–Kier alpha value is -0.790. The fourth-order valence-electron chi connectivity index (χ4n) is 7.21. The van der Waals surface area contributed by atoms with Gasteiger partial charge in [-0.2, -0.15) is 0 Å². The highest BCUT2D eigenvalue weighted by Gasteiger charge is 2.16. The van der Waals surface area contributed by atoms with Gasteiger partial charge >= 0.3 is 0 Å². The third-order valence-corrected chi connectivity index (χ3v) is 10.3. The molecule has 0 aliphatic heterocycles. The molecule has 0 aliphatic rings. The van der Waals surface area contributed by atoms with Gasteiger partial charge in [0.05, 0.1) is 13.1 Å². The first-order valence-electron chi connectivity index (χ1n) is 21.4. The van der Waals surface area contributed by atoms with Crippen LogP contribution in [0.15, 0.2) is 12.4 Å². The zero-order valence-electron chi connectivity index (χ0n) is 31.7. The van der Waals surface area contributed by atoms with Gasteiger partial charge in [0.15, 0.2) is 0 Å². The number of unbranched alkanes of at least 4 members (excludes halogenated alkanes) is 31. The topological polar surface area (TPSA) is 8.81 Å². The van der Waals surface area contributed by atoms with Crippen LogP contribution in [-0.2, 0) is 19.5 Å². The number of imidazole rings is 1. The number of rotatable bonds is 37. The molecule has 2 heteroatoms. The number of aryl methyl sites for hydroxylation is 2. The lowest BCUT2D eigenvalue weighted by Gasteiger charge is -2.07. The maximum absolute atomic E-state index is 2.64. The third kappa shape index (κ3) is 26.9. The Kier molecular flexibility index (Phi) is 32.4. The van der Waals surface area contributed by atoms with Gasteiger partial charge in [-0.15, -0.1) is 0 Å². The summed E-state index contributed by atoms with van der Waals surface area (Å²) < 4.78 is 5.28. The van der Waals surface area contributed by atoms with E-state index in [0.29, 0.717) is 0 Å². The highest BCUT2D eigenvalue weighted by atomic mass is 15.1. The summed E-state index contributed by atoms with van der Waals surface area (Å²) in [5, 5.41) is 0. The van der Waals surface area contributed by atoms with E-state index >= 15 is 0 Å². The van der Waals surface area contributed by atoms with Crippen molar-refractivity contribution in [2.45, 2.75) is 259 Å². The van der Waals surface area contributed by atoms with Gasteiger partial charge in [0.25, 0.3) is 5.82 Å². The van der Waals surface area contributed by atoms with Gasteiger partial charge in [0.1, 0.15) is 12.4 Å². The second-order valence-corrected chi connectivity index (χ2v) is 14.8. The van der Waals surface area contributed by atoms with E-state index in [4.69, 9.17) is 0 Å². The molecule has 1 aromatic rings. The van der Waals surface area contributed by atoms with Gasteiger partial charge in [-0.3, -0.25) is 0 Å². The minimum Gasteiger partial charge on any atom is -0.234 e. The van der Waals surface area contributed by atoms with Crippen molar-refractivity contribution in [1.82, 2.24) is 4.57 Å². The molecule has 0 aromatic carbocycles. The van der Waals surface area contributed by atoms with Crippen molar-refractivity contribution in [3.8, 4) is 0 Å². The maximum Gasteiger partial charge on any atom is 0.256 e. The molecule has 0 N–H and O–H groups in total. The molecule has 0 unspecified atom stereocenters. The quantitative estimate of drug-likeness (QED) is 0.0511. The van der Waals surface area contributed by atoms with Crippen molar-refractivity contribution in [2.24, 2.45) is 0 Å². The summed E-state index contributed by atoms with van der Waals surface area (Å²) in [4.78, 5) is 0. The van der Waals surface area contributed by atoms with Crippen molar-refractivity contribution < 1.29 is 4.57 Å². The maximum atomic E-state index is 2.64. The van der Waals surface area contributed by atoms with Crippen LogP contribution >= 0.6 is 0 Å². The van der Waals surface area contributed by atoms with Crippen LogP contribution in [0.25, 0.3) is 0 Å². The van der Waals surface area contributed by atoms with Crippen molar-refractivity contribution >= 4 is 0 Å². The predicted octanol–water partition coefficient (Wildman–Crippen LogP) is 14.6. The molecule has 0 fully saturated rings. The van der Waals surface area contributed by atoms with Gasteiger partial charge in [0, 0.05) is 6.42 Å². The molecular weight excluding hydrogens is 544 g/mol. The Labute approximate surface area is 285 Å². The van der Waals surface area contributed by atoms with Crippen LogP contribution in [0.3, 0.4) is 0 Å². The molecule has 266 valence electrons. The SMILES string of the molecule is CCCCCCCCCCCCCCCCn1cc[n+](CCCCCCCCCCC)c1CCCCCCCCCCCCC. The highest BCUT2D eigenvalue weighted by Crippen LogP contribution is 2.16. The number of nitrogens with zero attached hydrogens (tertiary/aromatic N) is 2. The molecule has 45 heavy (non-hydrogen) atoms. The lowest BCUT2D eigenvalue weighted by atomic mass is 10.0. The minimum atomic E-state index is 1.23. The third-order valence-electron chi connectivity index (χ3n) is 10.3. The molecule has 0 radical (unpaired) electrons. The average Bonchev–Trinajstić information content (AvgIpc) is 3.43. The van der Waals surface area contributed by atoms with E-state index in [-0.39, 0.29) is 0 Å². The molecule has 0 spiro atoms. The van der Waals surface area contributed by atoms with E-state index in [9.17, 15) is 0 Å². The van der Waals surface area contributed by atoms with E-state index in [1.165, 1.54) is 238 Å². The molecule has 0 saturated carbocycles. The Balaban J connectivity index is 2.27. The van der Waals surface area contributed by atoms with E-state index in [2.05, 4.69) is 42.3 Å². The summed E-state index contributed by atoms with van der Waals surface area (Å²) in [6.07, 6.45) is 54.9. The van der Waals surface area contributed by atoms with E-state index in [1.54, 1.807) is 5.82 Å². The highest BCUT2D eigenvalue weighted by molar-refractivity contribution is 4.84. The summed E-state index contributed by atoms with van der Waals surface area (Å²) in [5.74, 6) is 1.63. The fraction of sp³-hybridized carbons (Fsp3) is 0.930. The Morgan fingerprint density at radius 3 is 1.07 bits per heavy atom. The van der Waals surface area contributed by atoms with Gasteiger partial charge in [0.2, 0.25) is 0 Å². The molecular formula is C43H85N2+. The zero-order valence-corrected chi connectivity index (χ0v) is 31.7. The zero-order chi connectivity index (χ0) is 32.3. The smallest absolute Gasteiger partial charge is 0.234 e. The monoisotopic (exact) mass is 630 g/mol. The lowest BCUT2D eigenvalue weighted by Crippen LogP contribution is -2.37. The summed E-state index contributed by atoms with van der Waals surface area (Å²) in [6.45, 7) is 9.41. The molecule has 0 aliphatic carbocycles. The first-order valence-corrected chi connectivity index (χ1v) is 21.4. The largest absolute Gasteiger partial charge is 0.256 e. The summed E-state index contributed by atoms with van der Waals surface area (Å²) in [7, 11) is 0. The molecule has 1 heterocycles. The van der Waals surface area contributed by atoms with Crippen molar-refractivity contribution in [3.05, 3.63) is 18.2 Å². The summed E-state index contributed by atoms with van der Waals surface area (Å²) >= 11 is 0. The molecule has 1 aromatic heterocycles.